The number of nitrogens with two attached hydrogens (primary N) is 1. The van der Waals surface area contributed by atoms with E-state index in [1.165, 1.54) is 19.1 Å². The molecular weight excluding hydrogens is 333 g/mol. The van der Waals surface area contributed by atoms with Crippen molar-refractivity contribution >= 4 is 39.0 Å². The first-order valence-corrected chi connectivity index (χ1v) is 8.06. The van der Waals surface area contributed by atoms with Gasteiger partial charge in [0.05, 0.1) is 4.90 Å². The summed E-state index contributed by atoms with van der Waals surface area (Å²) in [6, 6.07) is 9.82. The van der Waals surface area contributed by atoms with E-state index in [1.807, 2.05) is 19.1 Å². The maximum atomic E-state index is 10.7. The Balaban J connectivity index is 0.000000219. The SMILES string of the molecule is Cc1c(Cl)cccc1S(=O)(=O)O.Cc1ccc(N)cc1Cl. The molecule has 0 radical (unpaired) electrons. The zero-order valence-electron chi connectivity index (χ0n) is 11.5. The van der Waals surface area contributed by atoms with Gasteiger partial charge in [0, 0.05) is 15.7 Å². The number of benzene rings is 2. The normalized spacial score (nSPS) is 10.7. The van der Waals surface area contributed by atoms with Crippen molar-refractivity contribution in [3.05, 3.63) is 57.6 Å². The minimum Gasteiger partial charge on any atom is -0.399 e. The molecule has 114 valence electrons. The second-order valence-corrected chi connectivity index (χ2v) is 6.55. The average Bonchev–Trinajstić information content (AvgIpc) is 2.37. The van der Waals surface area contributed by atoms with Crippen molar-refractivity contribution < 1.29 is 13.0 Å². The van der Waals surface area contributed by atoms with Crippen molar-refractivity contribution in [2.45, 2.75) is 18.7 Å². The van der Waals surface area contributed by atoms with Crippen LogP contribution in [-0.2, 0) is 10.1 Å². The number of rotatable bonds is 1. The number of hydrogen-bond donors (Lipinski definition) is 2. The van der Waals surface area contributed by atoms with Crippen LogP contribution in [0.3, 0.4) is 0 Å². The summed E-state index contributed by atoms with van der Waals surface area (Å²) in [6.07, 6.45) is 0. The molecular formula is C14H15Cl2NO3S. The fourth-order valence-corrected chi connectivity index (χ4v) is 2.64. The molecule has 0 bridgehead atoms. The first kappa shape index (κ1) is 17.8. The number of nitrogen functional groups attached to an aromatic ring is 1. The van der Waals surface area contributed by atoms with Crippen LogP contribution in [0.5, 0.6) is 0 Å². The Kier molecular flexibility index (Phi) is 6.04. The molecule has 0 aliphatic heterocycles. The van der Waals surface area contributed by atoms with Crippen LogP contribution in [0, 0.1) is 13.8 Å². The minimum atomic E-state index is -4.14. The molecule has 0 heterocycles. The maximum absolute atomic E-state index is 10.7. The molecule has 2 aromatic carbocycles. The molecule has 0 aromatic heterocycles. The Labute approximate surface area is 134 Å². The third-order valence-electron chi connectivity index (χ3n) is 2.69. The van der Waals surface area contributed by atoms with Crippen molar-refractivity contribution in [2.24, 2.45) is 0 Å². The largest absolute Gasteiger partial charge is 0.399 e. The summed E-state index contributed by atoms with van der Waals surface area (Å²) in [4.78, 5) is -0.144. The summed E-state index contributed by atoms with van der Waals surface area (Å²) in [5, 5.41) is 1.06. The highest BCUT2D eigenvalue weighted by atomic mass is 35.5. The van der Waals surface area contributed by atoms with Crippen molar-refractivity contribution in [1.29, 1.82) is 0 Å². The Morgan fingerprint density at radius 1 is 1.05 bits per heavy atom. The second kappa shape index (κ2) is 7.13. The summed E-state index contributed by atoms with van der Waals surface area (Å²) in [6.45, 7) is 3.48. The summed E-state index contributed by atoms with van der Waals surface area (Å²) in [5.41, 5.74) is 7.58. The molecule has 0 saturated heterocycles. The lowest BCUT2D eigenvalue weighted by Crippen LogP contribution is -2.00. The third-order valence-corrected chi connectivity index (χ3v) is 4.51. The lowest BCUT2D eigenvalue weighted by molar-refractivity contribution is 0.482. The summed E-state index contributed by atoms with van der Waals surface area (Å²) in [5.74, 6) is 0. The van der Waals surface area contributed by atoms with E-state index in [1.54, 1.807) is 12.1 Å². The number of anilines is 1. The Bertz CT molecular complexity index is 746. The third kappa shape index (κ3) is 5.21. The monoisotopic (exact) mass is 347 g/mol. The molecule has 21 heavy (non-hydrogen) atoms. The van der Waals surface area contributed by atoms with Gasteiger partial charge in [0.25, 0.3) is 10.1 Å². The van der Waals surface area contributed by atoms with E-state index < -0.39 is 10.1 Å². The van der Waals surface area contributed by atoms with Crippen molar-refractivity contribution in [3.8, 4) is 0 Å². The van der Waals surface area contributed by atoms with E-state index >= 15 is 0 Å². The van der Waals surface area contributed by atoms with Gasteiger partial charge >= 0.3 is 0 Å². The first-order chi connectivity index (χ1) is 9.62. The van der Waals surface area contributed by atoms with Crippen molar-refractivity contribution in [2.75, 3.05) is 5.73 Å². The molecule has 0 amide bonds. The predicted octanol–water partition coefficient (Wildman–Crippen LogP) is 4.13. The maximum Gasteiger partial charge on any atom is 0.294 e. The van der Waals surface area contributed by atoms with Gasteiger partial charge in [-0.1, -0.05) is 35.3 Å². The Morgan fingerprint density at radius 3 is 2.10 bits per heavy atom. The zero-order chi connectivity index (χ0) is 16.2. The van der Waals surface area contributed by atoms with Gasteiger partial charge < -0.3 is 5.73 Å². The summed E-state index contributed by atoms with van der Waals surface area (Å²) >= 11 is 11.4. The molecule has 0 fully saturated rings. The van der Waals surface area contributed by atoms with Gasteiger partial charge in [-0.05, 0) is 49.2 Å². The number of aryl methyl sites for hydroxylation is 1. The Morgan fingerprint density at radius 2 is 1.67 bits per heavy atom. The molecule has 0 aliphatic rings. The highest BCUT2D eigenvalue weighted by Crippen LogP contribution is 2.22. The standard InChI is InChI=1S/C7H8ClN.C7H7ClO3S/c1-5-2-3-6(9)4-7(5)8;1-5-6(8)3-2-4-7(5)12(9,10)11/h2-4H,9H2,1H3;2-4H,1H3,(H,9,10,11). The molecule has 2 aromatic rings. The van der Waals surface area contributed by atoms with Crippen LogP contribution in [0.4, 0.5) is 5.69 Å². The molecule has 3 N–H and O–H groups in total. The van der Waals surface area contributed by atoms with Gasteiger partial charge in [-0.25, -0.2) is 0 Å². The fourth-order valence-electron chi connectivity index (χ4n) is 1.48. The van der Waals surface area contributed by atoms with Crippen LogP contribution in [0.15, 0.2) is 41.3 Å². The molecule has 0 unspecified atom stereocenters. The topological polar surface area (TPSA) is 80.4 Å². The van der Waals surface area contributed by atoms with E-state index in [-0.39, 0.29) is 4.90 Å². The van der Waals surface area contributed by atoms with Crippen molar-refractivity contribution in [1.82, 2.24) is 0 Å². The van der Waals surface area contributed by atoms with Gasteiger partial charge in [-0.3, -0.25) is 4.55 Å². The molecule has 7 heteroatoms. The van der Waals surface area contributed by atoms with E-state index in [4.69, 9.17) is 33.5 Å². The second-order valence-electron chi connectivity index (χ2n) is 4.35. The van der Waals surface area contributed by atoms with Crippen molar-refractivity contribution in [3.63, 3.8) is 0 Å². The fraction of sp³-hybridized carbons (Fsp3) is 0.143. The predicted molar refractivity (Wildman–Crippen MR) is 86.6 cm³/mol. The van der Waals surface area contributed by atoms with E-state index in [0.29, 0.717) is 16.3 Å². The van der Waals surface area contributed by atoms with Gasteiger partial charge in [0.15, 0.2) is 0 Å². The van der Waals surface area contributed by atoms with Gasteiger partial charge in [0.2, 0.25) is 0 Å². The smallest absolute Gasteiger partial charge is 0.294 e. The number of hydrogen-bond acceptors (Lipinski definition) is 3. The molecule has 2 rings (SSSR count). The molecule has 0 spiro atoms. The average molecular weight is 348 g/mol. The molecule has 0 saturated carbocycles. The van der Waals surface area contributed by atoms with Crippen LogP contribution in [-0.4, -0.2) is 13.0 Å². The van der Waals surface area contributed by atoms with Crippen LogP contribution in [0.2, 0.25) is 10.0 Å². The van der Waals surface area contributed by atoms with Gasteiger partial charge in [0.1, 0.15) is 0 Å². The quantitative estimate of drug-likeness (QED) is 0.600. The van der Waals surface area contributed by atoms with Gasteiger partial charge in [-0.15, -0.1) is 0 Å². The van der Waals surface area contributed by atoms with E-state index in [2.05, 4.69) is 0 Å². The van der Waals surface area contributed by atoms with E-state index in [0.717, 1.165) is 10.6 Å². The highest BCUT2D eigenvalue weighted by Gasteiger charge is 2.13. The summed E-state index contributed by atoms with van der Waals surface area (Å²) < 4.78 is 30.1. The lowest BCUT2D eigenvalue weighted by Gasteiger charge is -2.02. The first-order valence-electron chi connectivity index (χ1n) is 5.87. The molecule has 0 atom stereocenters. The van der Waals surface area contributed by atoms with Crippen LogP contribution in [0.1, 0.15) is 11.1 Å². The Hall–Kier alpha value is -1.27. The summed E-state index contributed by atoms with van der Waals surface area (Å²) in [7, 11) is -4.14. The highest BCUT2D eigenvalue weighted by molar-refractivity contribution is 7.85. The van der Waals surface area contributed by atoms with Crippen LogP contribution in [0.25, 0.3) is 0 Å². The van der Waals surface area contributed by atoms with Crippen LogP contribution < -0.4 is 5.73 Å². The van der Waals surface area contributed by atoms with E-state index in [9.17, 15) is 8.42 Å². The van der Waals surface area contributed by atoms with Crippen LogP contribution >= 0.6 is 23.2 Å². The molecule has 0 aliphatic carbocycles. The molecule has 4 nitrogen and oxygen atoms in total. The zero-order valence-corrected chi connectivity index (χ0v) is 13.8. The lowest BCUT2D eigenvalue weighted by atomic mass is 10.2. The number of halogens is 2. The minimum absolute atomic E-state index is 0.144. The van der Waals surface area contributed by atoms with Gasteiger partial charge in [-0.2, -0.15) is 8.42 Å².